The number of anilines is 1. The molecule has 1 fully saturated rings. The van der Waals surface area contributed by atoms with Gasteiger partial charge in [0.05, 0.1) is 30.0 Å². The number of halogens is 1. The van der Waals surface area contributed by atoms with E-state index in [0.29, 0.717) is 13.2 Å². The van der Waals surface area contributed by atoms with Crippen molar-refractivity contribution < 1.29 is 9.84 Å². The second kappa shape index (κ2) is 7.99. The molecule has 0 saturated carbocycles. The van der Waals surface area contributed by atoms with Crippen LogP contribution in [0, 0.1) is 0 Å². The third-order valence-corrected chi connectivity index (χ3v) is 4.11. The third kappa shape index (κ3) is 4.10. The fourth-order valence-corrected chi connectivity index (χ4v) is 2.97. The number of para-hydroxylation sites is 1. The topological polar surface area (TPSA) is 44.7 Å². The lowest BCUT2D eigenvalue weighted by Gasteiger charge is -2.40. The highest BCUT2D eigenvalue weighted by molar-refractivity contribution is 6.33. The highest BCUT2D eigenvalue weighted by Crippen LogP contribution is 2.33. The fourth-order valence-electron chi connectivity index (χ4n) is 2.66. The van der Waals surface area contributed by atoms with Crippen molar-refractivity contribution in [3.8, 4) is 0 Å². The SMILES string of the molecule is CCCNCc1cccc(Cl)c1N1CC(CO)OCC1C. The molecule has 1 heterocycles. The maximum Gasteiger partial charge on any atom is 0.0981 e. The highest BCUT2D eigenvalue weighted by Gasteiger charge is 2.28. The summed E-state index contributed by atoms with van der Waals surface area (Å²) in [5.74, 6) is 0. The number of benzene rings is 1. The molecule has 2 atom stereocenters. The van der Waals surface area contributed by atoms with Crippen LogP contribution in [0.25, 0.3) is 0 Å². The molecule has 2 rings (SSSR count). The molecule has 4 nitrogen and oxygen atoms in total. The van der Waals surface area contributed by atoms with E-state index in [9.17, 15) is 5.11 Å². The molecule has 0 aliphatic carbocycles. The summed E-state index contributed by atoms with van der Waals surface area (Å²) in [6.45, 7) is 7.39. The summed E-state index contributed by atoms with van der Waals surface area (Å²) in [5.41, 5.74) is 2.26. The predicted octanol–water partition coefficient (Wildman–Crippen LogP) is 2.43. The van der Waals surface area contributed by atoms with Gasteiger partial charge in [0.15, 0.2) is 0 Å². The predicted molar refractivity (Wildman–Crippen MR) is 87.1 cm³/mol. The molecule has 0 bridgehead atoms. The van der Waals surface area contributed by atoms with Crippen LogP contribution < -0.4 is 10.2 Å². The van der Waals surface area contributed by atoms with E-state index >= 15 is 0 Å². The van der Waals surface area contributed by atoms with Crippen LogP contribution in [-0.4, -0.2) is 43.6 Å². The zero-order valence-corrected chi connectivity index (χ0v) is 13.6. The molecule has 0 aromatic heterocycles. The number of aliphatic hydroxyl groups is 1. The van der Waals surface area contributed by atoms with Gasteiger partial charge in [0, 0.05) is 19.1 Å². The Morgan fingerprint density at radius 1 is 1.48 bits per heavy atom. The van der Waals surface area contributed by atoms with Crippen LogP contribution in [-0.2, 0) is 11.3 Å². The molecular formula is C16H25ClN2O2. The molecule has 1 aromatic carbocycles. The molecule has 5 heteroatoms. The Kier molecular flexibility index (Phi) is 6.30. The number of hydrogen-bond donors (Lipinski definition) is 2. The first-order valence-electron chi connectivity index (χ1n) is 7.64. The van der Waals surface area contributed by atoms with Gasteiger partial charge >= 0.3 is 0 Å². The Labute approximate surface area is 132 Å². The molecule has 0 spiro atoms. The first-order valence-corrected chi connectivity index (χ1v) is 8.02. The van der Waals surface area contributed by atoms with E-state index < -0.39 is 0 Å². The standard InChI is InChI=1S/C16H25ClN2O2/c1-3-7-18-8-13-5-4-6-15(17)16(13)19-9-14(10-20)21-11-12(19)2/h4-6,12,14,18,20H,3,7-11H2,1-2H3. The van der Waals surface area contributed by atoms with Gasteiger partial charge in [0.1, 0.15) is 0 Å². The van der Waals surface area contributed by atoms with Crippen molar-refractivity contribution in [1.82, 2.24) is 5.32 Å². The van der Waals surface area contributed by atoms with Gasteiger partial charge in [0.25, 0.3) is 0 Å². The zero-order chi connectivity index (χ0) is 15.2. The normalized spacial score (nSPS) is 22.6. The number of nitrogens with zero attached hydrogens (tertiary/aromatic N) is 1. The number of rotatable bonds is 6. The minimum absolute atomic E-state index is 0.0388. The number of hydrogen-bond acceptors (Lipinski definition) is 4. The van der Waals surface area contributed by atoms with Crippen LogP contribution in [0.4, 0.5) is 5.69 Å². The Bertz CT molecular complexity index is 456. The summed E-state index contributed by atoms with van der Waals surface area (Å²) < 4.78 is 5.62. The molecule has 1 aliphatic rings. The van der Waals surface area contributed by atoms with Gasteiger partial charge in [0.2, 0.25) is 0 Å². The first kappa shape index (κ1) is 16.6. The van der Waals surface area contributed by atoms with Gasteiger partial charge in [-0.25, -0.2) is 0 Å². The van der Waals surface area contributed by atoms with Crippen LogP contribution in [0.5, 0.6) is 0 Å². The van der Waals surface area contributed by atoms with Crippen LogP contribution in [0.1, 0.15) is 25.8 Å². The van der Waals surface area contributed by atoms with E-state index in [1.807, 2.05) is 12.1 Å². The van der Waals surface area contributed by atoms with Crippen molar-refractivity contribution in [2.45, 2.75) is 39.0 Å². The lowest BCUT2D eigenvalue weighted by Crippen LogP contribution is -2.50. The molecular weight excluding hydrogens is 288 g/mol. The van der Waals surface area contributed by atoms with Crippen LogP contribution in [0.15, 0.2) is 18.2 Å². The van der Waals surface area contributed by atoms with E-state index in [2.05, 4.69) is 30.1 Å². The van der Waals surface area contributed by atoms with E-state index in [1.165, 1.54) is 5.56 Å². The van der Waals surface area contributed by atoms with Crippen molar-refractivity contribution >= 4 is 17.3 Å². The summed E-state index contributed by atoms with van der Waals surface area (Å²) >= 11 is 6.46. The average molecular weight is 313 g/mol. The summed E-state index contributed by atoms with van der Waals surface area (Å²) in [4.78, 5) is 2.26. The second-order valence-corrected chi connectivity index (χ2v) is 5.97. The molecule has 0 amide bonds. The Balaban J connectivity index is 2.23. The molecule has 0 radical (unpaired) electrons. The minimum atomic E-state index is -0.145. The third-order valence-electron chi connectivity index (χ3n) is 3.81. The van der Waals surface area contributed by atoms with Crippen molar-refractivity contribution in [2.24, 2.45) is 0 Å². The zero-order valence-electron chi connectivity index (χ0n) is 12.8. The Hall–Kier alpha value is -0.810. The van der Waals surface area contributed by atoms with Crippen molar-refractivity contribution in [2.75, 3.05) is 31.2 Å². The summed E-state index contributed by atoms with van der Waals surface area (Å²) in [5, 5.41) is 13.5. The molecule has 1 aromatic rings. The largest absolute Gasteiger partial charge is 0.394 e. The van der Waals surface area contributed by atoms with E-state index in [-0.39, 0.29) is 18.8 Å². The quantitative estimate of drug-likeness (QED) is 0.792. The van der Waals surface area contributed by atoms with Gasteiger partial charge in [-0.1, -0.05) is 30.7 Å². The Morgan fingerprint density at radius 3 is 3.00 bits per heavy atom. The monoisotopic (exact) mass is 312 g/mol. The lowest BCUT2D eigenvalue weighted by atomic mass is 10.1. The van der Waals surface area contributed by atoms with Crippen molar-refractivity contribution in [1.29, 1.82) is 0 Å². The van der Waals surface area contributed by atoms with Gasteiger partial charge in [-0.05, 0) is 31.5 Å². The number of morpholine rings is 1. The van der Waals surface area contributed by atoms with E-state index in [0.717, 1.165) is 30.2 Å². The minimum Gasteiger partial charge on any atom is -0.394 e. The summed E-state index contributed by atoms with van der Waals surface area (Å²) in [6, 6.07) is 6.28. The summed E-state index contributed by atoms with van der Waals surface area (Å²) in [6.07, 6.45) is 0.963. The second-order valence-electron chi connectivity index (χ2n) is 5.56. The molecule has 2 unspecified atom stereocenters. The van der Waals surface area contributed by atoms with Crippen LogP contribution >= 0.6 is 11.6 Å². The molecule has 1 saturated heterocycles. The van der Waals surface area contributed by atoms with Crippen LogP contribution in [0.2, 0.25) is 5.02 Å². The Morgan fingerprint density at radius 2 is 2.29 bits per heavy atom. The molecule has 118 valence electrons. The maximum atomic E-state index is 9.36. The fraction of sp³-hybridized carbons (Fsp3) is 0.625. The lowest BCUT2D eigenvalue weighted by molar-refractivity contribution is -0.0103. The van der Waals surface area contributed by atoms with Crippen molar-refractivity contribution in [3.05, 3.63) is 28.8 Å². The maximum absolute atomic E-state index is 9.36. The average Bonchev–Trinajstić information content (AvgIpc) is 2.49. The van der Waals surface area contributed by atoms with E-state index in [1.54, 1.807) is 0 Å². The molecule has 21 heavy (non-hydrogen) atoms. The van der Waals surface area contributed by atoms with Crippen molar-refractivity contribution in [3.63, 3.8) is 0 Å². The first-order chi connectivity index (χ1) is 10.2. The molecule has 2 N–H and O–H groups in total. The number of aliphatic hydroxyl groups excluding tert-OH is 1. The van der Waals surface area contributed by atoms with Gasteiger partial charge in [-0.3, -0.25) is 0 Å². The summed E-state index contributed by atoms with van der Waals surface area (Å²) in [7, 11) is 0. The van der Waals surface area contributed by atoms with E-state index in [4.69, 9.17) is 16.3 Å². The number of ether oxygens (including phenoxy) is 1. The smallest absolute Gasteiger partial charge is 0.0981 e. The van der Waals surface area contributed by atoms with Crippen LogP contribution in [0.3, 0.4) is 0 Å². The highest BCUT2D eigenvalue weighted by atomic mass is 35.5. The van der Waals surface area contributed by atoms with Gasteiger partial charge in [-0.15, -0.1) is 0 Å². The number of nitrogens with one attached hydrogen (secondary N) is 1. The van der Waals surface area contributed by atoms with Gasteiger partial charge < -0.3 is 20.1 Å². The van der Waals surface area contributed by atoms with Gasteiger partial charge in [-0.2, -0.15) is 0 Å². The molecule has 1 aliphatic heterocycles.